The quantitative estimate of drug-likeness (QED) is 0.746. The Balaban J connectivity index is 2.95. The number of ether oxygens (including phenoxy) is 3. The largest absolute Gasteiger partial charge is 0.466 e. The van der Waals surface area contributed by atoms with Crippen molar-refractivity contribution in [2.45, 2.75) is 64.4 Å². The molecule has 0 aromatic rings. The average molecular weight is 300 g/mol. The van der Waals surface area contributed by atoms with Gasteiger partial charge in [0.15, 0.2) is 0 Å². The predicted octanol–water partition coefficient (Wildman–Crippen LogP) is 1.36. The molecule has 1 rings (SSSR count). The zero-order chi connectivity index (χ0) is 16.0. The van der Waals surface area contributed by atoms with Gasteiger partial charge in [-0.15, -0.1) is 0 Å². The summed E-state index contributed by atoms with van der Waals surface area (Å²) in [6, 6.07) is 0. The maximum Gasteiger partial charge on any atom is 0.333 e. The minimum Gasteiger partial charge on any atom is -0.466 e. The van der Waals surface area contributed by atoms with Crippen LogP contribution in [-0.2, 0) is 23.8 Å². The third-order valence-electron chi connectivity index (χ3n) is 3.53. The van der Waals surface area contributed by atoms with Crippen LogP contribution in [0.5, 0.6) is 0 Å². The van der Waals surface area contributed by atoms with Crippen molar-refractivity contribution < 1.29 is 28.9 Å². The van der Waals surface area contributed by atoms with Gasteiger partial charge in [0.1, 0.15) is 18.3 Å². The van der Waals surface area contributed by atoms with E-state index < -0.39 is 30.3 Å². The monoisotopic (exact) mass is 300 g/mol. The molecule has 1 aliphatic carbocycles. The van der Waals surface area contributed by atoms with E-state index in [0.29, 0.717) is 5.57 Å². The van der Waals surface area contributed by atoms with Crippen LogP contribution in [0.4, 0.5) is 0 Å². The first-order valence-electron chi connectivity index (χ1n) is 7.22. The van der Waals surface area contributed by atoms with Crippen molar-refractivity contribution >= 4 is 11.9 Å². The second-order valence-corrected chi connectivity index (χ2v) is 5.07. The molecule has 3 unspecified atom stereocenters. The molecular weight excluding hydrogens is 276 g/mol. The Morgan fingerprint density at radius 1 is 1.38 bits per heavy atom. The summed E-state index contributed by atoms with van der Waals surface area (Å²) in [5.74, 6) is -1.01. The maximum atomic E-state index is 11.7. The van der Waals surface area contributed by atoms with Gasteiger partial charge in [0.05, 0.1) is 13.2 Å². The maximum absolute atomic E-state index is 11.7. The number of hydrogen-bond acceptors (Lipinski definition) is 6. The van der Waals surface area contributed by atoms with Crippen molar-refractivity contribution in [2.24, 2.45) is 0 Å². The molecule has 0 aliphatic heterocycles. The number of esters is 2. The van der Waals surface area contributed by atoms with Crippen LogP contribution in [0, 0.1) is 0 Å². The smallest absolute Gasteiger partial charge is 0.333 e. The third-order valence-corrected chi connectivity index (χ3v) is 3.53. The molecule has 120 valence electrons. The minimum absolute atomic E-state index is 0.0316. The molecule has 0 heterocycles. The average Bonchev–Trinajstić information content (AvgIpc) is 2.46. The van der Waals surface area contributed by atoms with Crippen LogP contribution in [0.2, 0.25) is 0 Å². The van der Waals surface area contributed by atoms with E-state index in [1.165, 1.54) is 14.0 Å². The lowest BCUT2D eigenvalue weighted by molar-refractivity contribution is -0.163. The summed E-state index contributed by atoms with van der Waals surface area (Å²) in [6.45, 7) is 5.23. The lowest BCUT2D eigenvalue weighted by Gasteiger charge is -2.34. The third kappa shape index (κ3) is 4.82. The zero-order valence-corrected chi connectivity index (χ0v) is 13.0. The highest BCUT2D eigenvalue weighted by Crippen LogP contribution is 2.26. The fourth-order valence-electron chi connectivity index (χ4n) is 2.34. The Hall–Kier alpha value is -1.40. The molecule has 0 bridgehead atoms. The summed E-state index contributed by atoms with van der Waals surface area (Å²) in [6.07, 6.45) is 0.742. The molecule has 3 atom stereocenters. The van der Waals surface area contributed by atoms with Gasteiger partial charge in [-0.1, -0.05) is 13.8 Å². The number of rotatable bonds is 6. The Kier molecular flexibility index (Phi) is 6.84. The van der Waals surface area contributed by atoms with Crippen LogP contribution in [0.15, 0.2) is 11.6 Å². The van der Waals surface area contributed by atoms with Crippen LogP contribution < -0.4 is 0 Å². The SMILES string of the molecule is CCC(CC)OC1C=C(C(=O)OC)CC(OC(C)=O)C1O. The van der Waals surface area contributed by atoms with Gasteiger partial charge in [-0.05, 0) is 18.9 Å². The molecular formula is C15H24O6. The molecule has 0 fully saturated rings. The molecule has 0 aromatic carbocycles. The second-order valence-electron chi connectivity index (χ2n) is 5.07. The van der Waals surface area contributed by atoms with Crippen LogP contribution in [0.1, 0.15) is 40.0 Å². The Labute approximate surface area is 125 Å². The number of carbonyl (C=O) groups excluding carboxylic acids is 2. The van der Waals surface area contributed by atoms with E-state index in [9.17, 15) is 14.7 Å². The van der Waals surface area contributed by atoms with Crippen molar-refractivity contribution in [3.63, 3.8) is 0 Å². The number of methoxy groups -OCH3 is 1. The standard InChI is InChI=1S/C15H24O6/c1-5-11(6-2)21-13-8-10(15(18)19-4)7-12(14(13)17)20-9(3)16/h8,11-14,17H,5-7H2,1-4H3. The number of hydrogen-bond donors (Lipinski definition) is 1. The highest BCUT2D eigenvalue weighted by molar-refractivity contribution is 5.88. The normalized spacial score (nSPS) is 25.4. The molecule has 21 heavy (non-hydrogen) atoms. The first-order chi connectivity index (χ1) is 9.92. The van der Waals surface area contributed by atoms with Crippen LogP contribution in [-0.4, -0.2) is 48.6 Å². The summed E-state index contributed by atoms with van der Waals surface area (Å²) in [7, 11) is 1.28. The number of aliphatic hydroxyl groups is 1. The van der Waals surface area contributed by atoms with Crippen molar-refractivity contribution in [3.05, 3.63) is 11.6 Å². The minimum atomic E-state index is -0.997. The first kappa shape index (κ1) is 17.7. The van der Waals surface area contributed by atoms with Gasteiger partial charge >= 0.3 is 11.9 Å². The van der Waals surface area contributed by atoms with Crippen LogP contribution in [0.25, 0.3) is 0 Å². The van der Waals surface area contributed by atoms with Gasteiger partial charge in [-0.3, -0.25) is 4.79 Å². The molecule has 1 aliphatic rings. The molecule has 0 amide bonds. The fourth-order valence-corrected chi connectivity index (χ4v) is 2.34. The van der Waals surface area contributed by atoms with Gasteiger partial charge in [0, 0.05) is 18.9 Å². The highest BCUT2D eigenvalue weighted by Gasteiger charge is 2.37. The summed E-state index contributed by atoms with van der Waals surface area (Å²) in [5.41, 5.74) is 0.352. The first-order valence-corrected chi connectivity index (χ1v) is 7.22. The van der Waals surface area contributed by atoms with Gasteiger partial charge in [-0.25, -0.2) is 4.79 Å². The lowest BCUT2D eigenvalue weighted by Crippen LogP contribution is -2.45. The zero-order valence-electron chi connectivity index (χ0n) is 13.0. The molecule has 6 nitrogen and oxygen atoms in total. The molecule has 6 heteroatoms. The predicted molar refractivity (Wildman–Crippen MR) is 75.5 cm³/mol. The Morgan fingerprint density at radius 2 is 2.00 bits per heavy atom. The Bertz CT molecular complexity index is 399. The van der Waals surface area contributed by atoms with E-state index in [4.69, 9.17) is 14.2 Å². The van der Waals surface area contributed by atoms with E-state index in [1.54, 1.807) is 6.08 Å². The number of carbonyl (C=O) groups is 2. The molecule has 1 N–H and O–H groups in total. The van der Waals surface area contributed by atoms with E-state index in [-0.39, 0.29) is 12.5 Å². The van der Waals surface area contributed by atoms with Gasteiger partial charge in [0.2, 0.25) is 0 Å². The number of aliphatic hydroxyl groups excluding tert-OH is 1. The topological polar surface area (TPSA) is 82.1 Å². The van der Waals surface area contributed by atoms with Gasteiger partial charge in [-0.2, -0.15) is 0 Å². The summed E-state index contributed by atoms with van der Waals surface area (Å²) in [5, 5.41) is 10.3. The molecule has 0 spiro atoms. The van der Waals surface area contributed by atoms with Gasteiger partial charge in [0.25, 0.3) is 0 Å². The summed E-state index contributed by atoms with van der Waals surface area (Å²) in [4.78, 5) is 22.8. The second kappa shape index (κ2) is 8.14. The Morgan fingerprint density at radius 3 is 2.48 bits per heavy atom. The molecule has 0 saturated carbocycles. The van der Waals surface area contributed by atoms with Crippen molar-refractivity contribution in [1.82, 2.24) is 0 Å². The van der Waals surface area contributed by atoms with E-state index in [1.807, 2.05) is 13.8 Å². The van der Waals surface area contributed by atoms with E-state index in [2.05, 4.69) is 0 Å². The summed E-state index contributed by atoms with van der Waals surface area (Å²) >= 11 is 0. The summed E-state index contributed by atoms with van der Waals surface area (Å²) < 4.78 is 15.6. The fraction of sp³-hybridized carbons (Fsp3) is 0.733. The van der Waals surface area contributed by atoms with Crippen LogP contribution >= 0.6 is 0 Å². The van der Waals surface area contributed by atoms with E-state index >= 15 is 0 Å². The van der Waals surface area contributed by atoms with E-state index in [0.717, 1.165) is 12.8 Å². The van der Waals surface area contributed by atoms with Crippen LogP contribution in [0.3, 0.4) is 0 Å². The highest BCUT2D eigenvalue weighted by atomic mass is 16.6. The molecule has 0 radical (unpaired) electrons. The molecule has 0 saturated heterocycles. The van der Waals surface area contributed by atoms with Gasteiger partial charge < -0.3 is 19.3 Å². The lowest BCUT2D eigenvalue weighted by atomic mass is 9.91. The molecule has 0 aromatic heterocycles. The van der Waals surface area contributed by atoms with Crippen molar-refractivity contribution in [2.75, 3.05) is 7.11 Å². The van der Waals surface area contributed by atoms with Crippen molar-refractivity contribution in [3.8, 4) is 0 Å². The van der Waals surface area contributed by atoms with Crippen molar-refractivity contribution in [1.29, 1.82) is 0 Å².